The number of aromatic nitrogens is 2. The van der Waals surface area contributed by atoms with Gasteiger partial charge in [-0.05, 0) is 42.5 Å². The van der Waals surface area contributed by atoms with Crippen LogP contribution in [-0.4, -0.2) is 18.2 Å². The van der Waals surface area contributed by atoms with Gasteiger partial charge in [0.1, 0.15) is 0 Å². The molecule has 0 saturated carbocycles. The minimum atomic E-state index is -3.55. The largest absolute Gasteiger partial charge is 0.241 e. The Hall–Kier alpha value is -1.96. The van der Waals surface area contributed by atoms with Gasteiger partial charge < -0.3 is 0 Å². The Morgan fingerprint density at radius 2 is 1.70 bits per heavy atom. The molecule has 0 unspecified atom stereocenters. The van der Waals surface area contributed by atoms with Crippen LogP contribution in [0.4, 0.5) is 0 Å². The maximum Gasteiger partial charge on any atom is 0.240 e. The molecule has 7 heteroatoms. The van der Waals surface area contributed by atoms with Gasteiger partial charge in [0, 0.05) is 10.7 Å². The quantitative estimate of drug-likeness (QED) is 0.726. The van der Waals surface area contributed by atoms with Crippen molar-refractivity contribution in [3.8, 4) is 5.69 Å². The van der Waals surface area contributed by atoms with E-state index in [9.17, 15) is 8.42 Å². The van der Waals surface area contributed by atoms with E-state index in [0.29, 0.717) is 5.69 Å². The van der Waals surface area contributed by atoms with Crippen LogP contribution in [0.5, 0.6) is 0 Å². The van der Waals surface area contributed by atoms with E-state index in [1.807, 2.05) is 30.3 Å². The minimum Gasteiger partial charge on any atom is -0.241 e. The molecule has 118 valence electrons. The van der Waals surface area contributed by atoms with Gasteiger partial charge in [0.15, 0.2) is 0 Å². The first-order chi connectivity index (χ1) is 11.0. The lowest BCUT2D eigenvalue weighted by Gasteiger charge is -2.05. The lowest BCUT2D eigenvalue weighted by Crippen LogP contribution is -2.23. The van der Waals surface area contributed by atoms with E-state index in [1.54, 1.807) is 41.2 Å². The molecule has 0 radical (unpaired) electrons. The fourth-order valence-corrected chi connectivity index (χ4v) is 3.31. The third-order valence-corrected chi connectivity index (χ3v) is 5.18. The first-order valence-electron chi connectivity index (χ1n) is 6.90. The van der Waals surface area contributed by atoms with Crippen LogP contribution in [0.15, 0.2) is 76.2 Å². The zero-order valence-electron chi connectivity index (χ0n) is 12.1. The van der Waals surface area contributed by atoms with Gasteiger partial charge in [-0.1, -0.05) is 34.1 Å². The molecule has 5 nitrogen and oxygen atoms in total. The summed E-state index contributed by atoms with van der Waals surface area (Å²) in [5, 5.41) is 4.37. The number of sulfonamides is 1. The van der Waals surface area contributed by atoms with Crippen LogP contribution in [0, 0.1) is 0 Å². The van der Waals surface area contributed by atoms with Crippen LogP contribution >= 0.6 is 15.9 Å². The Balaban J connectivity index is 1.71. The Labute approximate surface area is 143 Å². The highest BCUT2D eigenvalue weighted by atomic mass is 79.9. The van der Waals surface area contributed by atoms with Gasteiger partial charge >= 0.3 is 0 Å². The van der Waals surface area contributed by atoms with Crippen LogP contribution in [0.2, 0.25) is 0 Å². The van der Waals surface area contributed by atoms with Crippen LogP contribution in [0.1, 0.15) is 5.69 Å². The number of benzene rings is 2. The fourth-order valence-electron chi connectivity index (χ4n) is 2.05. The summed E-state index contributed by atoms with van der Waals surface area (Å²) in [6.07, 6.45) is 1.80. The van der Waals surface area contributed by atoms with Crippen molar-refractivity contribution in [2.45, 2.75) is 11.4 Å². The van der Waals surface area contributed by atoms with Crippen molar-refractivity contribution in [1.82, 2.24) is 14.5 Å². The highest BCUT2D eigenvalue weighted by Crippen LogP contribution is 2.15. The van der Waals surface area contributed by atoms with E-state index in [0.717, 1.165) is 10.2 Å². The smallest absolute Gasteiger partial charge is 0.240 e. The van der Waals surface area contributed by atoms with Gasteiger partial charge in [-0.25, -0.2) is 17.8 Å². The van der Waals surface area contributed by atoms with E-state index in [-0.39, 0.29) is 11.4 Å². The lowest BCUT2D eigenvalue weighted by molar-refractivity contribution is 0.580. The van der Waals surface area contributed by atoms with Crippen molar-refractivity contribution in [2.24, 2.45) is 0 Å². The lowest BCUT2D eigenvalue weighted by atomic mass is 10.3. The first kappa shape index (κ1) is 15.9. The number of hydrogen-bond acceptors (Lipinski definition) is 3. The average Bonchev–Trinajstić information content (AvgIpc) is 3.03. The molecule has 0 atom stereocenters. The van der Waals surface area contributed by atoms with Crippen molar-refractivity contribution in [3.05, 3.63) is 77.0 Å². The van der Waals surface area contributed by atoms with Gasteiger partial charge in [0.05, 0.1) is 22.8 Å². The molecule has 0 saturated heterocycles. The highest BCUT2D eigenvalue weighted by Gasteiger charge is 2.14. The molecule has 23 heavy (non-hydrogen) atoms. The molecule has 0 fully saturated rings. The molecule has 3 rings (SSSR count). The summed E-state index contributed by atoms with van der Waals surface area (Å²) in [5.74, 6) is 0. The Morgan fingerprint density at radius 3 is 2.39 bits per heavy atom. The summed E-state index contributed by atoms with van der Waals surface area (Å²) in [6, 6.07) is 17.9. The molecule has 0 aliphatic carbocycles. The van der Waals surface area contributed by atoms with Gasteiger partial charge in [0.2, 0.25) is 10.0 Å². The zero-order valence-corrected chi connectivity index (χ0v) is 14.5. The fraction of sp³-hybridized carbons (Fsp3) is 0.0625. The van der Waals surface area contributed by atoms with Crippen LogP contribution in [-0.2, 0) is 16.6 Å². The summed E-state index contributed by atoms with van der Waals surface area (Å²) >= 11 is 3.28. The van der Waals surface area contributed by atoms with E-state index in [2.05, 4.69) is 25.8 Å². The molecule has 0 spiro atoms. The zero-order chi connectivity index (χ0) is 16.3. The number of para-hydroxylation sites is 1. The van der Waals surface area contributed by atoms with Crippen LogP contribution in [0.3, 0.4) is 0 Å². The maximum absolute atomic E-state index is 12.2. The molecular weight excluding hydrogens is 378 g/mol. The summed E-state index contributed by atoms with van der Waals surface area (Å²) in [5.41, 5.74) is 1.57. The third kappa shape index (κ3) is 3.87. The van der Waals surface area contributed by atoms with Gasteiger partial charge in [0.25, 0.3) is 0 Å². The molecule has 0 amide bonds. The summed E-state index contributed by atoms with van der Waals surface area (Å²) < 4.78 is 29.6. The molecule has 0 aliphatic heterocycles. The Bertz CT molecular complexity index is 891. The molecule has 1 heterocycles. The maximum atomic E-state index is 12.2. The van der Waals surface area contributed by atoms with E-state index < -0.39 is 10.0 Å². The highest BCUT2D eigenvalue weighted by molar-refractivity contribution is 9.10. The normalized spacial score (nSPS) is 11.5. The standard InChI is InChI=1S/C16H14BrN3O2S/c17-13-6-8-16(9-7-13)23(21,22)18-12-14-10-11-20(19-14)15-4-2-1-3-5-15/h1-11,18H,12H2. The summed E-state index contributed by atoms with van der Waals surface area (Å²) in [4.78, 5) is 0.225. The van der Waals surface area contributed by atoms with Crippen molar-refractivity contribution < 1.29 is 8.42 Å². The van der Waals surface area contributed by atoms with Gasteiger partial charge in [-0.3, -0.25) is 0 Å². The van der Waals surface area contributed by atoms with Gasteiger partial charge in [-0.2, -0.15) is 5.10 Å². The Morgan fingerprint density at radius 1 is 1.00 bits per heavy atom. The molecule has 3 aromatic rings. The van der Waals surface area contributed by atoms with Crippen LogP contribution < -0.4 is 4.72 Å². The monoisotopic (exact) mass is 391 g/mol. The number of halogens is 1. The molecule has 1 N–H and O–H groups in total. The third-order valence-electron chi connectivity index (χ3n) is 3.23. The number of rotatable bonds is 5. The van der Waals surface area contributed by atoms with E-state index in [1.165, 1.54) is 0 Å². The summed E-state index contributed by atoms with van der Waals surface area (Å²) in [7, 11) is -3.55. The number of nitrogens with one attached hydrogen (secondary N) is 1. The van der Waals surface area contributed by atoms with Crippen molar-refractivity contribution in [3.63, 3.8) is 0 Å². The molecule has 1 aromatic heterocycles. The van der Waals surface area contributed by atoms with Crippen LogP contribution in [0.25, 0.3) is 5.69 Å². The molecule has 0 aliphatic rings. The Kier molecular flexibility index (Phi) is 4.61. The van der Waals surface area contributed by atoms with E-state index >= 15 is 0 Å². The van der Waals surface area contributed by atoms with Gasteiger partial charge in [-0.15, -0.1) is 0 Å². The predicted octanol–water partition coefficient (Wildman–Crippen LogP) is 3.11. The SMILES string of the molecule is O=S(=O)(NCc1ccn(-c2ccccc2)n1)c1ccc(Br)cc1. The molecule has 0 bridgehead atoms. The average molecular weight is 392 g/mol. The second kappa shape index (κ2) is 6.66. The second-order valence-corrected chi connectivity index (χ2v) is 7.55. The van der Waals surface area contributed by atoms with Crippen molar-refractivity contribution >= 4 is 26.0 Å². The number of nitrogens with zero attached hydrogens (tertiary/aromatic N) is 2. The second-order valence-electron chi connectivity index (χ2n) is 4.87. The first-order valence-corrected chi connectivity index (χ1v) is 9.17. The number of hydrogen-bond donors (Lipinski definition) is 1. The van der Waals surface area contributed by atoms with Crippen molar-refractivity contribution in [2.75, 3.05) is 0 Å². The van der Waals surface area contributed by atoms with Crippen molar-refractivity contribution in [1.29, 1.82) is 0 Å². The predicted molar refractivity (Wildman–Crippen MR) is 91.7 cm³/mol. The summed E-state index contributed by atoms with van der Waals surface area (Å²) in [6.45, 7) is 0.137. The topological polar surface area (TPSA) is 64.0 Å². The van der Waals surface area contributed by atoms with E-state index in [4.69, 9.17) is 0 Å². The minimum absolute atomic E-state index is 0.137. The molecular formula is C16H14BrN3O2S. The molecule has 2 aromatic carbocycles.